The summed E-state index contributed by atoms with van der Waals surface area (Å²) < 4.78 is 7.44. The zero-order chi connectivity index (χ0) is 16.8. The Morgan fingerprint density at radius 3 is 3.08 bits per heavy atom. The largest absolute Gasteiger partial charge is 0.376 e. The van der Waals surface area contributed by atoms with Gasteiger partial charge in [-0.25, -0.2) is 4.79 Å². The Kier molecular flexibility index (Phi) is 6.09. The first-order valence-corrected chi connectivity index (χ1v) is 9.13. The van der Waals surface area contributed by atoms with E-state index in [-0.39, 0.29) is 12.1 Å². The van der Waals surface area contributed by atoms with E-state index in [4.69, 9.17) is 4.74 Å². The predicted molar refractivity (Wildman–Crippen MR) is 93.1 cm³/mol. The third kappa shape index (κ3) is 4.95. The maximum atomic E-state index is 12.0. The Morgan fingerprint density at radius 1 is 1.38 bits per heavy atom. The summed E-state index contributed by atoms with van der Waals surface area (Å²) in [7, 11) is 0. The van der Waals surface area contributed by atoms with Crippen molar-refractivity contribution in [3.63, 3.8) is 0 Å². The third-order valence-corrected chi connectivity index (χ3v) is 4.93. The molecule has 3 heterocycles. The minimum absolute atomic E-state index is 0.170. The summed E-state index contributed by atoms with van der Waals surface area (Å²) >= 11 is 0. The lowest BCUT2D eigenvalue weighted by Crippen LogP contribution is -2.43. The Balaban J connectivity index is 1.36. The molecule has 0 aromatic carbocycles. The van der Waals surface area contributed by atoms with Gasteiger partial charge in [-0.15, -0.1) is 0 Å². The van der Waals surface area contributed by atoms with Gasteiger partial charge in [-0.3, -0.25) is 9.58 Å². The Morgan fingerprint density at radius 2 is 2.29 bits per heavy atom. The molecule has 2 fully saturated rings. The molecule has 0 radical (unpaired) electrons. The van der Waals surface area contributed by atoms with Crippen LogP contribution in [0.15, 0.2) is 12.4 Å². The van der Waals surface area contributed by atoms with Gasteiger partial charge in [-0.1, -0.05) is 6.42 Å². The molecule has 1 aromatic heterocycles. The zero-order valence-electron chi connectivity index (χ0n) is 14.5. The number of carbonyl (C=O) groups excluding carboxylic acids is 1. The molecule has 7 nitrogen and oxygen atoms in total. The Bertz CT molecular complexity index is 527. The van der Waals surface area contributed by atoms with E-state index in [2.05, 4.69) is 27.6 Å². The van der Waals surface area contributed by atoms with Crippen molar-refractivity contribution in [1.29, 1.82) is 0 Å². The first kappa shape index (κ1) is 17.2. The zero-order valence-corrected chi connectivity index (χ0v) is 14.5. The number of piperidine rings is 1. The average Bonchev–Trinajstić information content (AvgIpc) is 3.22. The highest BCUT2D eigenvalue weighted by Crippen LogP contribution is 2.16. The van der Waals surface area contributed by atoms with Gasteiger partial charge >= 0.3 is 6.03 Å². The normalized spacial score (nSPS) is 24.9. The number of nitrogens with one attached hydrogen (secondary N) is 2. The summed E-state index contributed by atoms with van der Waals surface area (Å²) in [5.74, 6) is 0. The molecule has 2 amide bonds. The van der Waals surface area contributed by atoms with Crippen LogP contribution in [-0.4, -0.2) is 59.1 Å². The lowest BCUT2D eigenvalue weighted by Gasteiger charge is -2.33. The molecule has 1 aromatic rings. The monoisotopic (exact) mass is 335 g/mol. The summed E-state index contributed by atoms with van der Waals surface area (Å²) in [6, 6.07) is 0.455. The first-order valence-electron chi connectivity index (χ1n) is 9.13. The molecule has 0 aliphatic carbocycles. The van der Waals surface area contributed by atoms with Crippen LogP contribution in [0.25, 0.3) is 0 Å². The van der Waals surface area contributed by atoms with E-state index in [1.54, 1.807) is 6.20 Å². The average molecular weight is 335 g/mol. The van der Waals surface area contributed by atoms with E-state index in [1.165, 1.54) is 19.3 Å². The summed E-state index contributed by atoms with van der Waals surface area (Å²) in [6.45, 7) is 6.57. The molecule has 3 rings (SSSR count). The van der Waals surface area contributed by atoms with Crippen LogP contribution in [-0.2, 0) is 11.3 Å². The van der Waals surface area contributed by atoms with Crippen LogP contribution in [0.1, 0.15) is 39.0 Å². The van der Waals surface area contributed by atoms with Gasteiger partial charge in [-0.05, 0) is 39.2 Å². The maximum absolute atomic E-state index is 12.0. The van der Waals surface area contributed by atoms with E-state index >= 15 is 0 Å². The molecule has 2 aliphatic rings. The van der Waals surface area contributed by atoms with Gasteiger partial charge in [0.25, 0.3) is 0 Å². The van der Waals surface area contributed by atoms with Crippen LogP contribution >= 0.6 is 0 Å². The predicted octanol–water partition coefficient (Wildman–Crippen LogP) is 2.06. The van der Waals surface area contributed by atoms with Crippen molar-refractivity contribution in [1.82, 2.24) is 20.0 Å². The minimum atomic E-state index is -0.170. The molecule has 2 atom stereocenters. The first-order chi connectivity index (χ1) is 11.7. The van der Waals surface area contributed by atoms with E-state index in [0.29, 0.717) is 12.6 Å². The smallest absolute Gasteiger partial charge is 0.319 e. The molecular weight excluding hydrogens is 306 g/mol. The summed E-state index contributed by atoms with van der Waals surface area (Å²) in [6.07, 6.45) is 9.83. The van der Waals surface area contributed by atoms with Gasteiger partial charge < -0.3 is 15.4 Å². The van der Waals surface area contributed by atoms with Crippen molar-refractivity contribution in [2.45, 2.75) is 57.7 Å². The fourth-order valence-corrected chi connectivity index (χ4v) is 3.50. The van der Waals surface area contributed by atoms with Gasteiger partial charge in [0, 0.05) is 31.9 Å². The van der Waals surface area contributed by atoms with Gasteiger partial charge in [0.2, 0.25) is 0 Å². The van der Waals surface area contributed by atoms with Crippen LogP contribution in [0.4, 0.5) is 10.5 Å². The minimum Gasteiger partial charge on any atom is -0.376 e. The van der Waals surface area contributed by atoms with E-state index < -0.39 is 0 Å². The van der Waals surface area contributed by atoms with Crippen molar-refractivity contribution in [2.24, 2.45) is 0 Å². The quantitative estimate of drug-likeness (QED) is 0.835. The second kappa shape index (κ2) is 8.48. The number of hydrogen-bond acceptors (Lipinski definition) is 4. The fourth-order valence-electron chi connectivity index (χ4n) is 3.50. The number of hydrogen-bond donors (Lipinski definition) is 2. The highest BCUT2D eigenvalue weighted by atomic mass is 16.5. The standard InChI is InChI=1S/C17H29N5O2/c1-14-5-2-3-8-21(14)9-7-18-17(23)20-15-11-19-22(12-15)13-16-6-4-10-24-16/h11-12,14,16H,2-10,13H2,1H3,(H2,18,20,23). The van der Waals surface area contributed by atoms with E-state index in [1.807, 2.05) is 10.9 Å². The van der Waals surface area contributed by atoms with Crippen LogP contribution in [0.2, 0.25) is 0 Å². The summed E-state index contributed by atoms with van der Waals surface area (Å²) in [5.41, 5.74) is 0.719. The van der Waals surface area contributed by atoms with Crippen molar-refractivity contribution in [3.05, 3.63) is 12.4 Å². The summed E-state index contributed by atoms with van der Waals surface area (Å²) in [4.78, 5) is 14.4. The molecule has 2 saturated heterocycles. The molecule has 134 valence electrons. The van der Waals surface area contributed by atoms with Gasteiger partial charge in [-0.2, -0.15) is 5.10 Å². The number of likely N-dealkylation sites (tertiary alicyclic amines) is 1. The molecule has 7 heteroatoms. The molecule has 0 spiro atoms. The number of amides is 2. The van der Waals surface area contributed by atoms with Crippen LogP contribution < -0.4 is 10.6 Å². The topological polar surface area (TPSA) is 71.4 Å². The van der Waals surface area contributed by atoms with Gasteiger partial charge in [0.1, 0.15) is 0 Å². The molecule has 2 aliphatic heterocycles. The molecule has 2 unspecified atom stereocenters. The number of nitrogens with zero attached hydrogens (tertiary/aromatic N) is 3. The molecule has 0 bridgehead atoms. The number of rotatable bonds is 6. The Labute approximate surface area is 143 Å². The van der Waals surface area contributed by atoms with Gasteiger partial charge in [0.05, 0.1) is 24.5 Å². The SMILES string of the molecule is CC1CCCCN1CCNC(=O)Nc1cnn(CC2CCCO2)c1. The number of urea groups is 1. The molecule has 24 heavy (non-hydrogen) atoms. The highest BCUT2D eigenvalue weighted by molar-refractivity contribution is 5.88. The third-order valence-electron chi connectivity index (χ3n) is 4.93. The van der Waals surface area contributed by atoms with E-state index in [9.17, 15) is 4.79 Å². The lowest BCUT2D eigenvalue weighted by molar-refractivity contribution is 0.0940. The van der Waals surface area contributed by atoms with Crippen molar-refractivity contribution < 1.29 is 9.53 Å². The van der Waals surface area contributed by atoms with Gasteiger partial charge in [0.15, 0.2) is 0 Å². The second-order valence-electron chi connectivity index (χ2n) is 6.85. The van der Waals surface area contributed by atoms with Crippen molar-refractivity contribution >= 4 is 11.7 Å². The fraction of sp³-hybridized carbons (Fsp3) is 0.765. The maximum Gasteiger partial charge on any atom is 0.319 e. The molecule has 0 saturated carbocycles. The lowest BCUT2D eigenvalue weighted by atomic mass is 10.0. The highest BCUT2D eigenvalue weighted by Gasteiger charge is 2.18. The second-order valence-corrected chi connectivity index (χ2v) is 6.85. The number of anilines is 1. The van der Waals surface area contributed by atoms with E-state index in [0.717, 1.165) is 44.8 Å². The van der Waals surface area contributed by atoms with Crippen LogP contribution in [0, 0.1) is 0 Å². The Hall–Kier alpha value is -1.60. The van der Waals surface area contributed by atoms with Crippen molar-refractivity contribution in [3.8, 4) is 0 Å². The number of ether oxygens (including phenoxy) is 1. The number of carbonyl (C=O) groups is 1. The molecular formula is C17H29N5O2. The van der Waals surface area contributed by atoms with Crippen LogP contribution in [0.3, 0.4) is 0 Å². The summed E-state index contributed by atoms with van der Waals surface area (Å²) in [5, 5.41) is 10.1. The number of aromatic nitrogens is 2. The van der Waals surface area contributed by atoms with Crippen molar-refractivity contribution in [2.75, 3.05) is 31.6 Å². The molecule has 2 N–H and O–H groups in total. The van der Waals surface area contributed by atoms with Crippen LogP contribution in [0.5, 0.6) is 0 Å².